The molecule has 0 aliphatic carbocycles. The van der Waals surface area contributed by atoms with Crippen LogP contribution in [-0.4, -0.2) is 13.6 Å². The Balaban J connectivity index is 2.30. The Morgan fingerprint density at radius 1 is 1.00 bits per heavy atom. The van der Waals surface area contributed by atoms with E-state index in [9.17, 15) is 30.4 Å². The second-order valence-electron chi connectivity index (χ2n) is 5.85. The minimum atomic E-state index is -4.74. The predicted octanol–water partition coefficient (Wildman–Crippen LogP) is 4.32. The van der Waals surface area contributed by atoms with Crippen LogP contribution < -0.4 is 5.14 Å². The standard InChI is InChI=1S/C17H11F5N2O3S/c1-7-2-3-8(4-10(7)18)14-13(15(17(21)22)27-24-14)9-5-11(19)16(12(20)6-9)28(23,25)26/h2-6,17H,1H3,(H2,23,25,26). The van der Waals surface area contributed by atoms with E-state index in [2.05, 4.69) is 9.68 Å². The summed E-state index contributed by atoms with van der Waals surface area (Å²) in [5.41, 5.74) is -0.981. The summed E-state index contributed by atoms with van der Waals surface area (Å²) in [6.07, 6.45) is -3.21. The molecule has 0 atom stereocenters. The summed E-state index contributed by atoms with van der Waals surface area (Å²) in [6.45, 7) is 1.48. The van der Waals surface area contributed by atoms with Crippen molar-refractivity contribution in [3.05, 3.63) is 59.1 Å². The van der Waals surface area contributed by atoms with Crippen molar-refractivity contribution in [3.63, 3.8) is 0 Å². The first kappa shape index (κ1) is 20.0. The maximum absolute atomic E-state index is 14.2. The third-order valence-corrected chi connectivity index (χ3v) is 4.89. The highest BCUT2D eigenvalue weighted by Crippen LogP contribution is 2.40. The van der Waals surface area contributed by atoms with Gasteiger partial charge in [-0.2, -0.15) is 0 Å². The van der Waals surface area contributed by atoms with Gasteiger partial charge in [0.15, 0.2) is 4.90 Å². The lowest BCUT2D eigenvalue weighted by Crippen LogP contribution is -2.16. The molecule has 0 saturated heterocycles. The number of alkyl halides is 2. The average molecular weight is 418 g/mol. The van der Waals surface area contributed by atoms with Gasteiger partial charge in [-0.05, 0) is 36.2 Å². The van der Waals surface area contributed by atoms with E-state index in [-0.39, 0.29) is 16.8 Å². The van der Waals surface area contributed by atoms with Crippen molar-refractivity contribution >= 4 is 10.0 Å². The van der Waals surface area contributed by atoms with Crippen LogP contribution >= 0.6 is 0 Å². The molecule has 0 radical (unpaired) electrons. The smallest absolute Gasteiger partial charge is 0.298 e. The zero-order chi connectivity index (χ0) is 20.8. The van der Waals surface area contributed by atoms with Crippen LogP contribution in [0.2, 0.25) is 0 Å². The molecule has 0 bridgehead atoms. The summed E-state index contributed by atoms with van der Waals surface area (Å²) in [4.78, 5) is -1.41. The Hall–Kier alpha value is -2.79. The number of halogens is 5. The molecule has 1 heterocycles. The SMILES string of the molecule is Cc1ccc(-c2noc(C(F)F)c2-c2cc(F)c(S(N)(=O)=O)c(F)c2)cc1F. The minimum Gasteiger partial charge on any atom is -0.354 e. The topological polar surface area (TPSA) is 86.2 Å². The van der Waals surface area contributed by atoms with Crippen molar-refractivity contribution < 1.29 is 34.9 Å². The Kier molecular flexibility index (Phi) is 4.98. The number of primary sulfonamides is 1. The lowest BCUT2D eigenvalue weighted by molar-refractivity contribution is 0.113. The van der Waals surface area contributed by atoms with Crippen LogP contribution in [0.1, 0.15) is 17.7 Å². The summed E-state index contributed by atoms with van der Waals surface area (Å²) in [6, 6.07) is 4.73. The zero-order valence-electron chi connectivity index (χ0n) is 14.0. The summed E-state index contributed by atoms with van der Waals surface area (Å²) in [7, 11) is -4.74. The molecule has 28 heavy (non-hydrogen) atoms. The van der Waals surface area contributed by atoms with Crippen LogP contribution in [-0.2, 0) is 10.0 Å². The second kappa shape index (κ2) is 6.99. The summed E-state index contributed by atoms with van der Waals surface area (Å²) >= 11 is 0. The molecule has 3 rings (SSSR count). The van der Waals surface area contributed by atoms with Crippen LogP contribution in [0.15, 0.2) is 39.8 Å². The maximum Gasteiger partial charge on any atom is 0.298 e. The van der Waals surface area contributed by atoms with Crippen LogP contribution in [0.5, 0.6) is 0 Å². The van der Waals surface area contributed by atoms with Crippen molar-refractivity contribution in [2.24, 2.45) is 5.14 Å². The minimum absolute atomic E-state index is 0.0186. The van der Waals surface area contributed by atoms with Gasteiger partial charge < -0.3 is 4.52 Å². The highest BCUT2D eigenvalue weighted by Gasteiger charge is 2.29. The Morgan fingerprint density at radius 2 is 1.57 bits per heavy atom. The van der Waals surface area contributed by atoms with E-state index in [4.69, 9.17) is 5.14 Å². The third-order valence-electron chi connectivity index (χ3n) is 3.93. The number of nitrogens with two attached hydrogens (primary N) is 1. The average Bonchev–Trinajstić information content (AvgIpc) is 3.00. The molecule has 3 aromatic rings. The number of aryl methyl sites for hydroxylation is 1. The Morgan fingerprint density at radius 3 is 2.07 bits per heavy atom. The van der Waals surface area contributed by atoms with Gasteiger partial charge in [0.1, 0.15) is 23.1 Å². The molecule has 0 aliphatic rings. The third kappa shape index (κ3) is 3.50. The molecular weight excluding hydrogens is 407 g/mol. The van der Waals surface area contributed by atoms with Crippen molar-refractivity contribution in [2.75, 3.05) is 0 Å². The molecule has 0 fully saturated rings. The van der Waals surface area contributed by atoms with Crippen molar-refractivity contribution in [1.82, 2.24) is 5.16 Å². The Bertz CT molecular complexity index is 1150. The van der Waals surface area contributed by atoms with E-state index in [0.717, 1.165) is 6.07 Å². The van der Waals surface area contributed by atoms with Gasteiger partial charge >= 0.3 is 0 Å². The highest BCUT2D eigenvalue weighted by atomic mass is 32.2. The first-order valence-corrected chi connectivity index (χ1v) is 9.11. The number of sulfonamides is 1. The molecular formula is C17H11F5N2O3S. The number of hydrogen-bond acceptors (Lipinski definition) is 4. The Labute approximate surface area is 155 Å². The van der Waals surface area contributed by atoms with E-state index < -0.39 is 55.7 Å². The van der Waals surface area contributed by atoms with Crippen molar-refractivity contribution in [1.29, 1.82) is 0 Å². The number of aromatic nitrogens is 1. The summed E-state index contributed by atoms with van der Waals surface area (Å²) in [5, 5.41) is 8.23. The van der Waals surface area contributed by atoms with Crippen LogP contribution in [0.4, 0.5) is 22.0 Å². The summed E-state index contributed by atoms with van der Waals surface area (Å²) in [5.74, 6) is -4.84. The van der Waals surface area contributed by atoms with Gasteiger partial charge in [0.2, 0.25) is 15.8 Å². The molecule has 5 nitrogen and oxygen atoms in total. The summed E-state index contributed by atoms with van der Waals surface area (Å²) < 4.78 is 96.2. The van der Waals surface area contributed by atoms with Gasteiger partial charge in [-0.25, -0.2) is 35.5 Å². The van der Waals surface area contributed by atoms with Gasteiger partial charge in [0, 0.05) is 5.56 Å². The number of rotatable bonds is 4. The highest BCUT2D eigenvalue weighted by molar-refractivity contribution is 7.89. The molecule has 0 saturated carbocycles. The van der Waals surface area contributed by atoms with Gasteiger partial charge in [-0.15, -0.1) is 0 Å². The van der Waals surface area contributed by atoms with E-state index in [1.807, 2.05) is 0 Å². The number of nitrogens with zero attached hydrogens (tertiary/aromatic N) is 1. The van der Waals surface area contributed by atoms with Crippen molar-refractivity contribution in [2.45, 2.75) is 18.2 Å². The molecule has 1 aromatic heterocycles. The second-order valence-corrected chi connectivity index (χ2v) is 7.35. The van der Waals surface area contributed by atoms with Crippen molar-refractivity contribution in [3.8, 4) is 22.4 Å². The van der Waals surface area contributed by atoms with E-state index in [0.29, 0.717) is 12.1 Å². The largest absolute Gasteiger partial charge is 0.354 e. The number of hydrogen-bond donors (Lipinski definition) is 1. The molecule has 11 heteroatoms. The molecule has 2 N–H and O–H groups in total. The fraction of sp³-hybridized carbons (Fsp3) is 0.118. The van der Waals surface area contributed by atoms with Crippen LogP contribution in [0.3, 0.4) is 0 Å². The van der Waals surface area contributed by atoms with E-state index in [1.165, 1.54) is 19.1 Å². The van der Waals surface area contributed by atoms with Gasteiger partial charge in [0.05, 0.1) is 5.56 Å². The molecule has 0 aliphatic heterocycles. The maximum atomic E-state index is 14.2. The monoisotopic (exact) mass is 418 g/mol. The fourth-order valence-corrected chi connectivity index (χ4v) is 3.31. The first-order chi connectivity index (χ1) is 13.0. The quantitative estimate of drug-likeness (QED) is 0.640. The van der Waals surface area contributed by atoms with Gasteiger partial charge in [-0.1, -0.05) is 17.3 Å². The molecule has 2 aromatic carbocycles. The lowest BCUT2D eigenvalue weighted by atomic mass is 9.98. The molecule has 0 amide bonds. The van der Waals surface area contributed by atoms with Crippen LogP contribution in [0, 0.1) is 24.4 Å². The van der Waals surface area contributed by atoms with Crippen LogP contribution in [0.25, 0.3) is 22.4 Å². The molecule has 0 unspecified atom stereocenters. The lowest BCUT2D eigenvalue weighted by Gasteiger charge is -2.09. The number of benzene rings is 2. The molecule has 0 spiro atoms. The van der Waals surface area contributed by atoms with Gasteiger partial charge in [0.25, 0.3) is 6.43 Å². The van der Waals surface area contributed by atoms with Gasteiger partial charge in [-0.3, -0.25) is 0 Å². The first-order valence-electron chi connectivity index (χ1n) is 7.57. The van der Waals surface area contributed by atoms with E-state index in [1.54, 1.807) is 0 Å². The zero-order valence-corrected chi connectivity index (χ0v) is 14.8. The fourth-order valence-electron chi connectivity index (χ4n) is 2.64. The molecule has 148 valence electrons. The predicted molar refractivity (Wildman–Crippen MR) is 88.3 cm³/mol. The van der Waals surface area contributed by atoms with E-state index >= 15 is 0 Å². The normalized spacial score (nSPS) is 12.0.